The Labute approximate surface area is 187 Å². The van der Waals surface area contributed by atoms with E-state index < -0.39 is 0 Å². The standard InChI is InChI=1S/C25H26N4O3/c1-31-20-9-11-21(12-10-20)32-17-5-16-29-23-8-3-2-7-22(23)28-24(29)13-15-27-25(30)19-6-4-14-26-18-19/h2-4,6-12,14,18H,5,13,15-17H2,1H3,(H,27,30). The second-order valence-electron chi connectivity index (χ2n) is 7.29. The van der Waals surface area contributed by atoms with E-state index in [9.17, 15) is 4.79 Å². The Morgan fingerprint density at radius 2 is 1.84 bits per heavy atom. The predicted octanol–water partition coefficient (Wildman–Crippen LogP) is 3.88. The van der Waals surface area contributed by atoms with Crippen LogP contribution in [0.1, 0.15) is 22.6 Å². The molecule has 164 valence electrons. The van der Waals surface area contributed by atoms with Gasteiger partial charge in [-0.25, -0.2) is 4.98 Å². The molecule has 4 aromatic rings. The molecule has 0 aliphatic rings. The second kappa shape index (κ2) is 10.4. The van der Waals surface area contributed by atoms with Gasteiger partial charge in [0, 0.05) is 31.9 Å². The van der Waals surface area contributed by atoms with Crippen LogP contribution >= 0.6 is 0 Å². The van der Waals surface area contributed by atoms with Crippen molar-refractivity contribution in [1.29, 1.82) is 0 Å². The van der Waals surface area contributed by atoms with E-state index in [-0.39, 0.29) is 5.91 Å². The van der Waals surface area contributed by atoms with E-state index in [1.807, 2.05) is 42.5 Å². The number of hydrogen-bond acceptors (Lipinski definition) is 5. The molecule has 2 heterocycles. The highest BCUT2D eigenvalue weighted by Gasteiger charge is 2.11. The van der Waals surface area contributed by atoms with Crippen LogP contribution in [0.4, 0.5) is 0 Å². The molecule has 0 bridgehead atoms. The van der Waals surface area contributed by atoms with Crippen molar-refractivity contribution < 1.29 is 14.3 Å². The molecule has 0 fully saturated rings. The number of benzene rings is 2. The van der Waals surface area contributed by atoms with E-state index in [1.165, 1.54) is 0 Å². The van der Waals surface area contributed by atoms with Crippen molar-refractivity contribution in [2.45, 2.75) is 19.4 Å². The van der Waals surface area contributed by atoms with Crippen molar-refractivity contribution in [2.75, 3.05) is 20.3 Å². The van der Waals surface area contributed by atoms with Crippen molar-refractivity contribution in [3.8, 4) is 11.5 Å². The first kappa shape index (κ1) is 21.4. The second-order valence-corrected chi connectivity index (χ2v) is 7.29. The van der Waals surface area contributed by atoms with Crippen LogP contribution in [0, 0.1) is 0 Å². The highest BCUT2D eigenvalue weighted by atomic mass is 16.5. The highest BCUT2D eigenvalue weighted by molar-refractivity contribution is 5.93. The molecule has 7 heteroatoms. The Bertz CT molecular complexity index is 1160. The van der Waals surface area contributed by atoms with Crippen molar-refractivity contribution in [3.05, 3.63) is 84.4 Å². The van der Waals surface area contributed by atoms with Gasteiger partial charge in [-0.1, -0.05) is 12.1 Å². The van der Waals surface area contributed by atoms with Crippen molar-refractivity contribution in [3.63, 3.8) is 0 Å². The van der Waals surface area contributed by atoms with Crippen molar-refractivity contribution in [2.24, 2.45) is 0 Å². The van der Waals surface area contributed by atoms with Crippen LogP contribution in [0.3, 0.4) is 0 Å². The molecule has 0 atom stereocenters. The number of aryl methyl sites for hydroxylation is 1. The zero-order valence-electron chi connectivity index (χ0n) is 18.0. The fraction of sp³-hybridized carbons (Fsp3) is 0.240. The maximum absolute atomic E-state index is 12.3. The summed E-state index contributed by atoms with van der Waals surface area (Å²) in [6.07, 6.45) is 4.69. The zero-order valence-corrected chi connectivity index (χ0v) is 18.0. The Morgan fingerprint density at radius 1 is 1.03 bits per heavy atom. The van der Waals surface area contributed by atoms with E-state index in [0.29, 0.717) is 25.1 Å². The molecule has 0 aliphatic heterocycles. The summed E-state index contributed by atoms with van der Waals surface area (Å²) in [7, 11) is 1.65. The summed E-state index contributed by atoms with van der Waals surface area (Å²) in [6.45, 7) is 1.87. The Balaban J connectivity index is 1.36. The number of carbonyl (C=O) groups excluding carboxylic acids is 1. The fourth-order valence-electron chi connectivity index (χ4n) is 3.54. The number of methoxy groups -OCH3 is 1. The summed E-state index contributed by atoms with van der Waals surface area (Å²) in [5.74, 6) is 2.44. The number of ether oxygens (including phenoxy) is 2. The van der Waals surface area contributed by atoms with Crippen LogP contribution in [0.2, 0.25) is 0 Å². The molecule has 1 amide bonds. The quantitative estimate of drug-likeness (QED) is 0.386. The number of nitrogens with zero attached hydrogens (tertiary/aromatic N) is 3. The van der Waals surface area contributed by atoms with Gasteiger partial charge in [0.1, 0.15) is 17.3 Å². The lowest BCUT2D eigenvalue weighted by atomic mass is 10.2. The molecular formula is C25H26N4O3. The van der Waals surface area contributed by atoms with Gasteiger partial charge in [-0.3, -0.25) is 9.78 Å². The number of imidazole rings is 1. The van der Waals surface area contributed by atoms with Gasteiger partial charge in [-0.2, -0.15) is 0 Å². The third-order valence-corrected chi connectivity index (χ3v) is 5.15. The van der Waals surface area contributed by atoms with Crippen LogP contribution in [0.25, 0.3) is 11.0 Å². The summed E-state index contributed by atoms with van der Waals surface area (Å²) in [5.41, 5.74) is 2.60. The highest BCUT2D eigenvalue weighted by Crippen LogP contribution is 2.19. The van der Waals surface area contributed by atoms with Gasteiger partial charge in [-0.05, 0) is 55.0 Å². The lowest BCUT2D eigenvalue weighted by Gasteiger charge is -2.11. The topological polar surface area (TPSA) is 78.3 Å². The summed E-state index contributed by atoms with van der Waals surface area (Å²) in [6, 6.07) is 19.2. The summed E-state index contributed by atoms with van der Waals surface area (Å²) in [4.78, 5) is 21.0. The number of amides is 1. The first-order valence-electron chi connectivity index (χ1n) is 10.6. The molecular weight excluding hydrogens is 404 g/mol. The van der Waals surface area contributed by atoms with Gasteiger partial charge < -0.3 is 19.4 Å². The number of fused-ring (bicyclic) bond motifs is 1. The smallest absolute Gasteiger partial charge is 0.252 e. The van der Waals surface area contributed by atoms with Gasteiger partial charge in [0.2, 0.25) is 0 Å². The van der Waals surface area contributed by atoms with E-state index in [1.54, 1.807) is 31.6 Å². The van der Waals surface area contributed by atoms with Gasteiger partial charge in [0.05, 0.1) is 30.3 Å². The first-order chi connectivity index (χ1) is 15.7. The number of rotatable bonds is 10. The molecule has 2 aromatic carbocycles. The number of aromatic nitrogens is 3. The minimum absolute atomic E-state index is 0.131. The zero-order chi connectivity index (χ0) is 22.2. The largest absolute Gasteiger partial charge is 0.497 e. The van der Waals surface area contributed by atoms with Crippen LogP contribution in [0.5, 0.6) is 11.5 Å². The first-order valence-corrected chi connectivity index (χ1v) is 10.6. The Morgan fingerprint density at radius 3 is 2.62 bits per heavy atom. The van der Waals surface area contributed by atoms with Gasteiger partial charge >= 0.3 is 0 Å². The van der Waals surface area contributed by atoms with Gasteiger partial charge in [-0.15, -0.1) is 0 Å². The normalized spacial score (nSPS) is 10.8. The summed E-state index contributed by atoms with van der Waals surface area (Å²) >= 11 is 0. The molecule has 0 unspecified atom stereocenters. The van der Waals surface area contributed by atoms with Crippen LogP contribution in [0.15, 0.2) is 73.1 Å². The SMILES string of the molecule is COc1ccc(OCCCn2c(CCNC(=O)c3cccnc3)nc3ccccc32)cc1. The monoisotopic (exact) mass is 430 g/mol. The summed E-state index contributed by atoms with van der Waals surface area (Å²) in [5, 5.41) is 2.95. The number of carbonyl (C=O) groups is 1. The molecule has 0 saturated heterocycles. The Hall–Kier alpha value is -3.87. The predicted molar refractivity (Wildman–Crippen MR) is 123 cm³/mol. The average molecular weight is 431 g/mol. The maximum atomic E-state index is 12.3. The number of hydrogen-bond donors (Lipinski definition) is 1. The van der Waals surface area contributed by atoms with E-state index >= 15 is 0 Å². The van der Waals surface area contributed by atoms with E-state index in [2.05, 4.69) is 20.9 Å². The molecule has 0 spiro atoms. The molecule has 7 nitrogen and oxygen atoms in total. The van der Waals surface area contributed by atoms with Gasteiger partial charge in [0.15, 0.2) is 0 Å². The lowest BCUT2D eigenvalue weighted by molar-refractivity contribution is 0.0953. The number of nitrogens with one attached hydrogen (secondary N) is 1. The number of para-hydroxylation sites is 2. The van der Waals surface area contributed by atoms with Gasteiger partial charge in [0.25, 0.3) is 5.91 Å². The lowest BCUT2D eigenvalue weighted by Crippen LogP contribution is -2.26. The molecule has 0 aliphatic carbocycles. The average Bonchev–Trinajstić information content (AvgIpc) is 3.20. The number of pyridine rings is 1. The van der Waals surface area contributed by atoms with E-state index in [4.69, 9.17) is 14.5 Å². The van der Waals surface area contributed by atoms with Crippen LogP contribution in [-0.4, -0.2) is 40.7 Å². The molecule has 1 N–H and O–H groups in total. The molecule has 0 saturated carbocycles. The minimum atomic E-state index is -0.131. The molecule has 2 aromatic heterocycles. The van der Waals surface area contributed by atoms with Crippen molar-refractivity contribution in [1.82, 2.24) is 19.9 Å². The minimum Gasteiger partial charge on any atom is -0.497 e. The maximum Gasteiger partial charge on any atom is 0.252 e. The Kier molecular flexibility index (Phi) is 6.97. The molecule has 0 radical (unpaired) electrons. The molecule has 32 heavy (non-hydrogen) atoms. The van der Waals surface area contributed by atoms with E-state index in [0.717, 1.165) is 41.3 Å². The van der Waals surface area contributed by atoms with Crippen molar-refractivity contribution >= 4 is 16.9 Å². The summed E-state index contributed by atoms with van der Waals surface area (Å²) < 4.78 is 13.3. The fourth-order valence-corrected chi connectivity index (χ4v) is 3.54. The third kappa shape index (κ3) is 5.24. The van der Waals surface area contributed by atoms with Crippen LogP contribution < -0.4 is 14.8 Å². The molecule has 4 rings (SSSR count). The third-order valence-electron chi connectivity index (χ3n) is 5.15. The van der Waals surface area contributed by atoms with Crippen LogP contribution in [-0.2, 0) is 13.0 Å².